The number of carbonyl (C=O) groups is 1. The molecule has 152 valence electrons. The van der Waals surface area contributed by atoms with Crippen molar-refractivity contribution in [3.8, 4) is 5.75 Å². The molecule has 0 saturated heterocycles. The van der Waals surface area contributed by atoms with Crippen molar-refractivity contribution in [1.82, 2.24) is 15.1 Å². The molecule has 0 atom stereocenters. The lowest BCUT2D eigenvalue weighted by Gasteiger charge is -2.10. The van der Waals surface area contributed by atoms with Crippen molar-refractivity contribution in [2.75, 3.05) is 6.54 Å². The predicted octanol–water partition coefficient (Wildman–Crippen LogP) is 4.31. The van der Waals surface area contributed by atoms with Gasteiger partial charge < -0.3 is 10.1 Å². The van der Waals surface area contributed by atoms with E-state index < -0.39 is 0 Å². The smallest absolute Gasteiger partial charge is 0.255 e. The van der Waals surface area contributed by atoms with Gasteiger partial charge in [-0.1, -0.05) is 42.5 Å². The second-order valence-corrected chi connectivity index (χ2v) is 7.51. The highest BCUT2D eigenvalue weighted by atomic mass is 16.5. The van der Waals surface area contributed by atoms with Crippen LogP contribution in [0.2, 0.25) is 0 Å². The molecule has 0 aliphatic rings. The van der Waals surface area contributed by atoms with Gasteiger partial charge in [-0.15, -0.1) is 0 Å². The molecule has 0 aliphatic heterocycles. The molecule has 0 radical (unpaired) electrons. The number of aryl methyl sites for hydroxylation is 1. The number of aromatic nitrogens is 2. The molecule has 0 saturated carbocycles. The predicted molar refractivity (Wildman–Crippen MR) is 115 cm³/mol. The van der Waals surface area contributed by atoms with Gasteiger partial charge in [-0.05, 0) is 57.4 Å². The fourth-order valence-corrected chi connectivity index (χ4v) is 3.35. The van der Waals surface area contributed by atoms with E-state index in [2.05, 4.69) is 22.5 Å². The Morgan fingerprint density at radius 1 is 1.03 bits per heavy atom. The van der Waals surface area contributed by atoms with Crippen molar-refractivity contribution in [2.24, 2.45) is 0 Å². The largest absolute Gasteiger partial charge is 0.491 e. The molecular formula is C24H29N3O2. The summed E-state index contributed by atoms with van der Waals surface area (Å²) in [5.74, 6) is 0.795. The minimum absolute atomic E-state index is 0.0703. The van der Waals surface area contributed by atoms with Crippen LogP contribution in [0.1, 0.15) is 46.7 Å². The van der Waals surface area contributed by atoms with E-state index >= 15 is 0 Å². The summed E-state index contributed by atoms with van der Waals surface area (Å²) in [6, 6.07) is 18.2. The van der Waals surface area contributed by atoms with Crippen molar-refractivity contribution in [1.29, 1.82) is 0 Å². The lowest BCUT2D eigenvalue weighted by molar-refractivity contribution is 0.0953. The maximum atomic E-state index is 12.7. The van der Waals surface area contributed by atoms with E-state index in [4.69, 9.17) is 4.74 Å². The molecule has 0 spiro atoms. The third-order valence-corrected chi connectivity index (χ3v) is 4.78. The van der Waals surface area contributed by atoms with Crippen LogP contribution in [0.4, 0.5) is 0 Å². The molecule has 5 nitrogen and oxygen atoms in total. The van der Waals surface area contributed by atoms with Gasteiger partial charge in [0.25, 0.3) is 5.91 Å². The number of hydrogen-bond donors (Lipinski definition) is 1. The zero-order valence-electron chi connectivity index (χ0n) is 17.6. The van der Waals surface area contributed by atoms with E-state index in [9.17, 15) is 4.79 Å². The second-order valence-electron chi connectivity index (χ2n) is 7.51. The number of rotatable bonds is 8. The standard InChI is InChI=1S/C24H29N3O2/c1-17(2)29-22-12-10-20(11-13-22)14-15-25-24(28)23-18(3)26-27(19(23)4)16-21-8-6-5-7-9-21/h5-13,17H,14-16H2,1-4H3,(H,25,28). The number of nitrogens with zero attached hydrogens (tertiary/aromatic N) is 2. The molecular weight excluding hydrogens is 362 g/mol. The van der Waals surface area contributed by atoms with E-state index in [1.807, 2.05) is 74.8 Å². The highest BCUT2D eigenvalue weighted by Crippen LogP contribution is 2.16. The van der Waals surface area contributed by atoms with Gasteiger partial charge in [0.15, 0.2) is 0 Å². The van der Waals surface area contributed by atoms with Gasteiger partial charge in [0.1, 0.15) is 5.75 Å². The Kier molecular flexibility index (Phi) is 6.70. The first-order chi connectivity index (χ1) is 13.9. The van der Waals surface area contributed by atoms with E-state index in [0.717, 1.165) is 34.7 Å². The molecule has 5 heteroatoms. The number of carbonyl (C=O) groups excluding carboxylic acids is 1. The number of benzene rings is 2. The summed E-state index contributed by atoms with van der Waals surface area (Å²) >= 11 is 0. The first kappa shape index (κ1) is 20.6. The Morgan fingerprint density at radius 2 is 1.72 bits per heavy atom. The quantitative estimate of drug-likeness (QED) is 0.623. The van der Waals surface area contributed by atoms with Gasteiger partial charge in [-0.25, -0.2) is 0 Å². The Hall–Kier alpha value is -3.08. The SMILES string of the molecule is Cc1nn(Cc2ccccc2)c(C)c1C(=O)NCCc1ccc(OC(C)C)cc1. The van der Waals surface area contributed by atoms with E-state index in [-0.39, 0.29) is 12.0 Å². The molecule has 3 rings (SSSR count). The summed E-state index contributed by atoms with van der Waals surface area (Å²) in [4.78, 5) is 12.7. The van der Waals surface area contributed by atoms with Crippen LogP contribution < -0.4 is 10.1 Å². The minimum atomic E-state index is -0.0703. The van der Waals surface area contributed by atoms with Crippen LogP contribution in [0, 0.1) is 13.8 Å². The number of nitrogens with one attached hydrogen (secondary N) is 1. The van der Waals surface area contributed by atoms with Crippen molar-refractivity contribution in [3.05, 3.63) is 82.7 Å². The molecule has 2 aromatic carbocycles. The van der Waals surface area contributed by atoms with E-state index in [1.54, 1.807) is 0 Å². The van der Waals surface area contributed by atoms with Crippen molar-refractivity contribution < 1.29 is 9.53 Å². The second kappa shape index (κ2) is 9.41. The van der Waals surface area contributed by atoms with Gasteiger partial charge >= 0.3 is 0 Å². The third-order valence-electron chi connectivity index (χ3n) is 4.78. The van der Waals surface area contributed by atoms with E-state index in [0.29, 0.717) is 18.7 Å². The van der Waals surface area contributed by atoms with Gasteiger partial charge in [-0.3, -0.25) is 9.48 Å². The average molecular weight is 392 g/mol. The molecule has 0 bridgehead atoms. The Bertz CT molecular complexity index is 944. The van der Waals surface area contributed by atoms with Crippen LogP contribution in [0.5, 0.6) is 5.75 Å². The molecule has 0 unspecified atom stereocenters. The highest BCUT2D eigenvalue weighted by Gasteiger charge is 2.18. The van der Waals surface area contributed by atoms with Gasteiger partial charge in [0, 0.05) is 12.2 Å². The van der Waals surface area contributed by atoms with Crippen LogP contribution in [0.15, 0.2) is 54.6 Å². The van der Waals surface area contributed by atoms with Crippen molar-refractivity contribution in [3.63, 3.8) is 0 Å². The van der Waals surface area contributed by atoms with Gasteiger partial charge in [0.2, 0.25) is 0 Å². The summed E-state index contributed by atoms with van der Waals surface area (Å²) in [7, 11) is 0. The molecule has 29 heavy (non-hydrogen) atoms. The van der Waals surface area contributed by atoms with Crippen LogP contribution in [0.3, 0.4) is 0 Å². The molecule has 0 aliphatic carbocycles. The number of amides is 1. The first-order valence-corrected chi connectivity index (χ1v) is 10.1. The normalized spacial score (nSPS) is 10.9. The summed E-state index contributed by atoms with van der Waals surface area (Å²) < 4.78 is 7.56. The molecule has 3 aromatic rings. The van der Waals surface area contributed by atoms with Crippen LogP contribution in [0.25, 0.3) is 0 Å². The monoisotopic (exact) mass is 391 g/mol. The fraction of sp³-hybridized carbons (Fsp3) is 0.333. The first-order valence-electron chi connectivity index (χ1n) is 10.1. The van der Waals surface area contributed by atoms with Crippen LogP contribution in [-0.2, 0) is 13.0 Å². The molecule has 1 N–H and O–H groups in total. The number of hydrogen-bond acceptors (Lipinski definition) is 3. The Morgan fingerprint density at radius 3 is 2.38 bits per heavy atom. The molecule has 0 fully saturated rings. The van der Waals surface area contributed by atoms with E-state index in [1.165, 1.54) is 0 Å². The lowest BCUT2D eigenvalue weighted by atomic mass is 10.1. The summed E-state index contributed by atoms with van der Waals surface area (Å²) in [6.45, 7) is 9.09. The molecule has 1 amide bonds. The zero-order valence-corrected chi connectivity index (χ0v) is 17.6. The van der Waals surface area contributed by atoms with Crippen molar-refractivity contribution >= 4 is 5.91 Å². The molecule has 1 heterocycles. The minimum Gasteiger partial charge on any atom is -0.491 e. The summed E-state index contributed by atoms with van der Waals surface area (Å²) in [5.41, 5.74) is 4.64. The zero-order chi connectivity index (χ0) is 20.8. The van der Waals surface area contributed by atoms with Crippen LogP contribution in [-0.4, -0.2) is 28.3 Å². The lowest BCUT2D eigenvalue weighted by Crippen LogP contribution is -2.26. The molecule has 1 aromatic heterocycles. The topological polar surface area (TPSA) is 56.2 Å². The average Bonchev–Trinajstić information content (AvgIpc) is 2.96. The maximum absolute atomic E-state index is 12.7. The maximum Gasteiger partial charge on any atom is 0.255 e. The van der Waals surface area contributed by atoms with Crippen molar-refractivity contribution in [2.45, 2.75) is 46.8 Å². The third kappa shape index (κ3) is 5.47. The number of ether oxygens (including phenoxy) is 1. The Labute approximate surface area is 172 Å². The Balaban J connectivity index is 1.58. The highest BCUT2D eigenvalue weighted by molar-refractivity contribution is 5.96. The van der Waals surface area contributed by atoms with Gasteiger partial charge in [0.05, 0.1) is 23.9 Å². The summed E-state index contributed by atoms with van der Waals surface area (Å²) in [5, 5.41) is 7.60. The van der Waals surface area contributed by atoms with Crippen LogP contribution >= 0.6 is 0 Å². The summed E-state index contributed by atoms with van der Waals surface area (Å²) in [6.07, 6.45) is 0.929. The fourth-order valence-electron chi connectivity index (χ4n) is 3.35. The van der Waals surface area contributed by atoms with Gasteiger partial charge in [-0.2, -0.15) is 5.10 Å².